The highest BCUT2D eigenvalue weighted by Gasteiger charge is 2.26. The fraction of sp³-hybridized carbons (Fsp3) is 0.867. The average molecular weight is 318 g/mol. The van der Waals surface area contributed by atoms with E-state index in [0.717, 1.165) is 45.7 Å². The van der Waals surface area contributed by atoms with E-state index in [1.807, 2.05) is 0 Å². The van der Waals surface area contributed by atoms with Crippen LogP contribution in [0.4, 0.5) is 0 Å². The maximum Gasteiger partial charge on any atom is 0.303 e. The molecule has 2 saturated heterocycles. The minimum absolute atomic E-state index is 0.221. The number of aliphatic carboxylic acids is 2. The minimum Gasteiger partial charge on any atom is -0.481 e. The van der Waals surface area contributed by atoms with Crippen LogP contribution in [-0.4, -0.2) is 60.8 Å². The summed E-state index contributed by atoms with van der Waals surface area (Å²) in [6.07, 6.45) is 5.31. The van der Waals surface area contributed by atoms with Gasteiger partial charge in [-0.25, -0.2) is 0 Å². The third kappa shape index (κ3) is 13.8. The van der Waals surface area contributed by atoms with Gasteiger partial charge in [-0.1, -0.05) is 19.3 Å². The molecular formula is C15H26O7. The maximum absolute atomic E-state index is 10.1. The SMILES string of the molecule is C(OCC1CO1)C1CO1.O=C(O)CCCCCCCC(=O)O. The Balaban J connectivity index is 0.000000231. The largest absolute Gasteiger partial charge is 0.481 e. The molecule has 2 fully saturated rings. The second kappa shape index (κ2) is 11.4. The molecule has 2 unspecified atom stereocenters. The fourth-order valence-corrected chi connectivity index (χ4v) is 1.74. The Bertz CT molecular complexity index is 294. The van der Waals surface area contributed by atoms with Gasteiger partial charge in [0.15, 0.2) is 0 Å². The van der Waals surface area contributed by atoms with Gasteiger partial charge in [0.2, 0.25) is 0 Å². The van der Waals surface area contributed by atoms with Crippen LogP contribution in [-0.2, 0) is 23.8 Å². The number of hydrogen-bond donors (Lipinski definition) is 2. The first-order valence-electron chi connectivity index (χ1n) is 7.82. The first-order chi connectivity index (χ1) is 10.6. The number of carboxylic acids is 2. The summed E-state index contributed by atoms with van der Waals surface area (Å²) in [4.78, 5) is 20.2. The lowest BCUT2D eigenvalue weighted by atomic mass is 10.1. The first-order valence-corrected chi connectivity index (χ1v) is 7.82. The van der Waals surface area contributed by atoms with E-state index < -0.39 is 11.9 Å². The quantitative estimate of drug-likeness (QED) is 0.416. The summed E-state index contributed by atoms with van der Waals surface area (Å²) in [5, 5.41) is 16.6. The molecular weight excluding hydrogens is 292 g/mol. The number of hydrogen-bond acceptors (Lipinski definition) is 5. The normalized spacial score (nSPS) is 21.6. The van der Waals surface area contributed by atoms with Crippen molar-refractivity contribution in [1.29, 1.82) is 0 Å². The molecule has 0 radical (unpaired) electrons. The molecule has 2 rings (SSSR count). The van der Waals surface area contributed by atoms with Gasteiger partial charge < -0.3 is 24.4 Å². The van der Waals surface area contributed by atoms with Gasteiger partial charge in [-0.15, -0.1) is 0 Å². The van der Waals surface area contributed by atoms with E-state index >= 15 is 0 Å². The minimum atomic E-state index is -0.759. The highest BCUT2D eigenvalue weighted by Crippen LogP contribution is 2.12. The predicted octanol–water partition coefficient (Wildman–Crippen LogP) is 1.69. The summed E-state index contributed by atoms with van der Waals surface area (Å²) in [6, 6.07) is 0. The third-order valence-electron chi connectivity index (χ3n) is 3.19. The van der Waals surface area contributed by atoms with Gasteiger partial charge in [-0.2, -0.15) is 0 Å². The van der Waals surface area contributed by atoms with Crippen molar-refractivity contribution in [2.45, 2.75) is 57.2 Å². The fourth-order valence-electron chi connectivity index (χ4n) is 1.74. The number of ether oxygens (including phenoxy) is 3. The van der Waals surface area contributed by atoms with Gasteiger partial charge in [-0.3, -0.25) is 9.59 Å². The standard InChI is InChI=1S/C9H16O4.C6H10O3/c10-8(11)6-4-2-1-3-5-7-9(12)13;1(5-3-8-5)7-2-6-4-9-6/h1-7H2,(H,10,11)(H,12,13);5-6H,1-4H2. The number of carboxylic acid groups (broad SMARTS) is 2. The Morgan fingerprint density at radius 3 is 1.50 bits per heavy atom. The van der Waals surface area contributed by atoms with Gasteiger partial charge in [0.25, 0.3) is 0 Å². The maximum atomic E-state index is 10.1. The molecule has 0 aromatic carbocycles. The molecule has 0 aliphatic carbocycles. The molecule has 22 heavy (non-hydrogen) atoms. The molecule has 2 aliphatic rings. The number of epoxide rings is 2. The summed E-state index contributed by atoms with van der Waals surface area (Å²) >= 11 is 0. The molecule has 128 valence electrons. The van der Waals surface area contributed by atoms with E-state index in [1.54, 1.807) is 0 Å². The zero-order valence-electron chi connectivity index (χ0n) is 12.9. The van der Waals surface area contributed by atoms with Gasteiger partial charge in [0.1, 0.15) is 12.2 Å². The van der Waals surface area contributed by atoms with Gasteiger partial charge >= 0.3 is 11.9 Å². The molecule has 0 aromatic rings. The molecule has 2 heterocycles. The molecule has 7 nitrogen and oxygen atoms in total. The smallest absolute Gasteiger partial charge is 0.303 e. The Hall–Kier alpha value is -1.18. The van der Waals surface area contributed by atoms with Crippen molar-refractivity contribution < 1.29 is 34.0 Å². The lowest BCUT2D eigenvalue weighted by molar-refractivity contribution is -0.138. The van der Waals surface area contributed by atoms with E-state index in [-0.39, 0.29) is 12.8 Å². The zero-order valence-corrected chi connectivity index (χ0v) is 12.9. The van der Waals surface area contributed by atoms with Crippen molar-refractivity contribution in [1.82, 2.24) is 0 Å². The average Bonchev–Trinajstić information content (AvgIpc) is 3.32. The van der Waals surface area contributed by atoms with Crippen molar-refractivity contribution in [3.8, 4) is 0 Å². The lowest BCUT2D eigenvalue weighted by Crippen LogP contribution is -2.06. The molecule has 0 amide bonds. The highest BCUT2D eigenvalue weighted by molar-refractivity contribution is 5.66. The van der Waals surface area contributed by atoms with Crippen molar-refractivity contribution in [3.05, 3.63) is 0 Å². The Kier molecular flexibility index (Phi) is 9.77. The summed E-state index contributed by atoms with van der Waals surface area (Å²) in [6.45, 7) is 3.26. The molecule has 2 aliphatic heterocycles. The van der Waals surface area contributed by atoms with Crippen LogP contribution in [0, 0.1) is 0 Å². The molecule has 7 heteroatoms. The topological polar surface area (TPSA) is 109 Å². The van der Waals surface area contributed by atoms with Crippen molar-refractivity contribution in [2.24, 2.45) is 0 Å². The second-order valence-corrected chi connectivity index (χ2v) is 5.50. The lowest BCUT2D eigenvalue weighted by Gasteiger charge is -1.97. The van der Waals surface area contributed by atoms with E-state index in [2.05, 4.69) is 0 Å². The van der Waals surface area contributed by atoms with E-state index in [4.69, 9.17) is 24.4 Å². The van der Waals surface area contributed by atoms with E-state index in [0.29, 0.717) is 25.0 Å². The Morgan fingerprint density at radius 1 is 0.818 bits per heavy atom. The first kappa shape index (κ1) is 18.9. The molecule has 2 atom stereocenters. The predicted molar refractivity (Wildman–Crippen MR) is 77.9 cm³/mol. The third-order valence-corrected chi connectivity index (χ3v) is 3.19. The summed E-state index contributed by atoms with van der Waals surface area (Å²) in [5.41, 5.74) is 0. The van der Waals surface area contributed by atoms with Crippen molar-refractivity contribution in [3.63, 3.8) is 0 Å². The number of carbonyl (C=O) groups is 2. The van der Waals surface area contributed by atoms with Gasteiger partial charge in [-0.05, 0) is 12.8 Å². The number of unbranched alkanes of at least 4 members (excludes halogenated alkanes) is 4. The van der Waals surface area contributed by atoms with E-state index in [1.165, 1.54) is 0 Å². The molecule has 0 spiro atoms. The van der Waals surface area contributed by atoms with Crippen LogP contribution in [0.2, 0.25) is 0 Å². The molecule has 2 N–H and O–H groups in total. The number of rotatable bonds is 12. The van der Waals surface area contributed by atoms with Gasteiger partial charge in [0.05, 0.1) is 26.4 Å². The second-order valence-electron chi connectivity index (χ2n) is 5.50. The van der Waals surface area contributed by atoms with Gasteiger partial charge in [0, 0.05) is 12.8 Å². The Labute approximate surface area is 130 Å². The molecule has 0 aromatic heterocycles. The van der Waals surface area contributed by atoms with Crippen LogP contribution < -0.4 is 0 Å². The molecule has 0 saturated carbocycles. The van der Waals surface area contributed by atoms with Crippen LogP contribution in [0.3, 0.4) is 0 Å². The van der Waals surface area contributed by atoms with Crippen molar-refractivity contribution in [2.75, 3.05) is 26.4 Å². The van der Waals surface area contributed by atoms with Crippen molar-refractivity contribution >= 4 is 11.9 Å². The van der Waals surface area contributed by atoms with E-state index in [9.17, 15) is 9.59 Å². The Morgan fingerprint density at radius 2 is 1.18 bits per heavy atom. The van der Waals surface area contributed by atoms with Crippen LogP contribution in [0.5, 0.6) is 0 Å². The summed E-state index contributed by atoms with van der Waals surface area (Å²) in [5.74, 6) is -1.52. The summed E-state index contributed by atoms with van der Waals surface area (Å²) < 4.78 is 15.1. The zero-order chi connectivity index (χ0) is 16.2. The van der Waals surface area contributed by atoms with Crippen LogP contribution in [0.25, 0.3) is 0 Å². The van der Waals surface area contributed by atoms with Crippen LogP contribution >= 0.6 is 0 Å². The molecule has 0 bridgehead atoms. The summed E-state index contributed by atoms with van der Waals surface area (Å²) in [7, 11) is 0. The monoisotopic (exact) mass is 318 g/mol. The van der Waals surface area contributed by atoms with Crippen LogP contribution in [0.1, 0.15) is 44.9 Å². The van der Waals surface area contributed by atoms with Crippen LogP contribution in [0.15, 0.2) is 0 Å². The highest BCUT2D eigenvalue weighted by atomic mass is 16.6.